The van der Waals surface area contributed by atoms with Crippen molar-refractivity contribution in [1.29, 1.82) is 0 Å². The number of aliphatic hydroxyl groups is 1. The van der Waals surface area contributed by atoms with Crippen molar-refractivity contribution >= 4 is 17.4 Å². The van der Waals surface area contributed by atoms with Crippen LogP contribution >= 0.6 is 0 Å². The van der Waals surface area contributed by atoms with Gasteiger partial charge in [-0.3, -0.25) is 9.59 Å². The highest BCUT2D eigenvalue weighted by molar-refractivity contribution is 6.46. The van der Waals surface area contributed by atoms with Gasteiger partial charge in [-0.15, -0.1) is 0 Å². The molecule has 7 nitrogen and oxygen atoms in total. The second-order valence-electron chi connectivity index (χ2n) is 6.91. The summed E-state index contributed by atoms with van der Waals surface area (Å²) in [5, 5.41) is 11.0. The molecule has 4 rings (SSSR count). The number of likely N-dealkylation sites (tertiary alicyclic amines) is 1. The van der Waals surface area contributed by atoms with E-state index in [1.807, 2.05) is 6.92 Å². The van der Waals surface area contributed by atoms with Crippen LogP contribution in [0.4, 0.5) is 0 Å². The van der Waals surface area contributed by atoms with Crippen LogP contribution in [0.25, 0.3) is 5.76 Å². The Morgan fingerprint density at radius 1 is 1.13 bits per heavy atom. The normalized spacial score (nSPS) is 18.2. The first-order valence-electron chi connectivity index (χ1n) is 9.60. The summed E-state index contributed by atoms with van der Waals surface area (Å²) in [5.74, 6) is 0.430. The van der Waals surface area contributed by atoms with Crippen molar-refractivity contribution in [3.8, 4) is 5.75 Å². The third-order valence-corrected chi connectivity index (χ3v) is 4.92. The van der Waals surface area contributed by atoms with Crippen molar-refractivity contribution in [1.82, 2.24) is 4.90 Å². The second kappa shape index (κ2) is 7.94. The van der Waals surface area contributed by atoms with Crippen molar-refractivity contribution in [2.24, 2.45) is 0 Å². The lowest BCUT2D eigenvalue weighted by Gasteiger charge is -2.22. The third kappa shape index (κ3) is 3.50. The van der Waals surface area contributed by atoms with E-state index in [0.717, 1.165) is 0 Å². The van der Waals surface area contributed by atoms with E-state index < -0.39 is 17.7 Å². The number of ether oxygens (including phenoxy) is 1. The lowest BCUT2D eigenvalue weighted by atomic mass is 9.99. The molecule has 1 unspecified atom stereocenters. The average molecular weight is 407 g/mol. The van der Waals surface area contributed by atoms with E-state index >= 15 is 0 Å². The molecule has 1 N–H and O–H groups in total. The number of rotatable bonds is 6. The first kappa shape index (κ1) is 19.6. The largest absolute Gasteiger partial charge is 0.507 e. The van der Waals surface area contributed by atoms with Gasteiger partial charge in [0.15, 0.2) is 0 Å². The van der Waals surface area contributed by atoms with Crippen molar-refractivity contribution in [2.45, 2.75) is 26.4 Å². The van der Waals surface area contributed by atoms with Crippen LogP contribution in [-0.4, -0.2) is 28.3 Å². The van der Waals surface area contributed by atoms with Gasteiger partial charge in [-0.2, -0.15) is 0 Å². The van der Waals surface area contributed by atoms with E-state index in [1.165, 1.54) is 11.2 Å². The molecule has 154 valence electrons. The molecule has 1 fully saturated rings. The molecule has 7 heteroatoms. The minimum Gasteiger partial charge on any atom is -0.507 e. The van der Waals surface area contributed by atoms with Crippen LogP contribution in [0.2, 0.25) is 0 Å². The van der Waals surface area contributed by atoms with Crippen LogP contribution in [0.3, 0.4) is 0 Å². The number of hydrogen-bond acceptors (Lipinski definition) is 6. The summed E-state index contributed by atoms with van der Waals surface area (Å²) in [6.07, 6.45) is 1.50. The molecular weight excluding hydrogens is 386 g/mol. The molecule has 0 bridgehead atoms. The summed E-state index contributed by atoms with van der Waals surface area (Å²) in [6, 6.07) is 12.7. The van der Waals surface area contributed by atoms with Crippen LogP contribution < -0.4 is 4.74 Å². The predicted molar refractivity (Wildman–Crippen MR) is 108 cm³/mol. The number of carbonyl (C=O) groups excluding carboxylic acids is 2. The topological polar surface area (TPSA) is 93.1 Å². The number of nitrogens with zero attached hydrogens (tertiary/aromatic N) is 1. The molecule has 3 heterocycles. The molecule has 1 aromatic carbocycles. The quantitative estimate of drug-likeness (QED) is 0.374. The Bertz CT molecular complexity index is 1090. The van der Waals surface area contributed by atoms with E-state index in [1.54, 1.807) is 55.5 Å². The molecule has 0 saturated carbocycles. The minimum absolute atomic E-state index is 0.0231. The molecule has 30 heavy (non-hydrogen) atoms. The van der Waals surface area contributed by atoms with E-state index in [2.05, 4.69) is 0 Å². The van der Waals surface area contributed by atoms with E-state index in [-0.39, 0.29) is 17.9 Å². The van der Waals surface area contributed by atoms with Gasteiger partial charge in [0.2, 0.25) is 0 Å². The van der Waals surface area contributed by atoms with Crippen LogP contribution in [0.15, 0.2) is 69.2 Å². The van der Waals surface area contributed by atoms with E-state index in [0.29, 0.717) is 35.2 Å². The molecular formula is C23H21NO6. The molecule has 0 spiro atoms. The molecule has 3 aromatic rings. The smallest absolute Gasteiger partial charge is 0.296 e. The van der Waals surface area contributed by atoms with Crippen molar-refractivity contribution in [3.05, 3.63) is 83.2 Å². The molecule has 1 saturated heterocycles. The monoisotopic (exact) mass is 407 g/mol. The number of Topliss-reactive ketones (excluding diaryl/α,β-unsaturated/α-hetero) is 1. The van der Waals surface area contributed by atoms with Gasteiger partial charge in [0.25, 0.3) is 11.7 Å². The van der Waals surface area contributed by atoms with E-state index in [4.69, 9.17) is 13.6 Å². The Labute approximate surface area is 173 Å². The average Bonchev–Trinajstić information content (AvgIpc) is 3.46. The molecule has 1 aliphatic heterocycles. The fraction of sp³-hybridized carbons (Fsp3) is 0.217. The number of ketones is 1. The van der Waals surface area contributed by atoms with Gasteiger partial charge < -0.3 is 23.6 Å². The summed E-state index contributed by atoms with van der Waals surface area (Å²) in [7, 11) is 0. The Balaban J connectivity index is 1.80. The molecule has 0 radical (unpaired) electrons. The van der Waals surface area contributed by atoms with Gasteiger partial charge in [0.05, 0.1) is 25.0 Å². The Kier molecular flexibility index (Phi) is 5.18. The maximum atomic E-state index is 12.9. The Morgan fingerprint density at radius 3 is 2.50 bits per heavy atom. The van der Waals surface area contributed by atoms with Gasteiger partial charge >= 0.3 is 0 Å². The van der Waals surface area contributed by atoms with Gasteiger partial charge in [-0.25, -0.2) is 0 Å². The van der Waals surface area contributed by atoms with Crippen LogP contribution in [-0.2, 0) is 16.1 Å². The number of hydrogen-bond donors (Lipinski definition) is 1. The fourth-order valence-electron chi connectivity index (χ4n) is 3.54. The fourth-order valence-corrected chi connectivity index (χ4v) is 3.54. The van der Waals surface area contributed by atoms with Crippen LogP contribution in [0.5, 0.6) is 5.75 Å². The maximum Gasteiger partial charge on any atom is 0.296 e. The van der Waals surface area contributed by atoms with Crippen LogP contribution in [0, 0.1) is 6.92 Å². The highest BCUT2D eigenvalue weighted by Crippen LogP contribution is 2.41. The van der Waals surface area contributed by atoms with Gasteiger partial charge in [-0.1, -0.05) is 0 Å². The molecule has 1 atom stereocenters. The summed E-state index contributed by atoms with van der Waals surface area (Å²) >= 11 is 0. The molecule has 1 amide bonds. The standard InChI is InChI=1S/C23H21NO6/c1-3-28-16-9-7-15(8-10-16)21(25)19-20(18-11-6-14(2)30-18)24(23(27)22(19)26)13-17-5-4-12-29-17/h4-12,20,25H,3,13H2,1-2H3/b21-19+. The highest BCUT2D eigenvalue weighted by atomic mass is 16.5. The highest BCUT2D eigenvalue weighted by Gasteiger charge is 2.47. The predicted octanol–water partition coefficient (Wildman–Crippen LogP) is 4.20. The summed E-state index contributed by atoms with van der Waals surface area (Å²) in [4.78, 5) is 27.1. The minimum atomic E-state index is -0.865. The van der Waals surface area contributed by atoms with Gasteiger partial charge in [0.1, 0.15) is 34.8 Å². The number of aryl methyl sites for hydroxylation is 1. The summed E-state index contributed by atoms with van der Waals surface area (Å²) < 4.78 is 16.5. The Morgan fingerprint density at radius 2 is 1.90 bits per heavy atom. The molecule has 1 aliphatic rings. The van der Waals surface area contributed by atoms with Crippen molar-refractivity contribution in [3.63, 3.8) is 0 Å². The first-order chi connectivity index (χ1) is 14.5. The number of aliphatic hydroxyl groups excluding tert-OH is 1. The van der Waals surface area contributed by atoms with Crippen LogP contribution in [0.1, 0.15) is 35.8 Å². The summed E-state index contributed by atoms with van der Waals surface area (Å²) in [6.45, 7) is 4.23. The second-order valence-corrected chi connectivity index (χ2v) is 6.91. The zero-order valence-electron chi connectivity index (χ0n) is 16.6. The SMILES string of the molecule is CCOc1ccc(/C(O)=C2\C(=O)C(=O)N(Cc3ccco3)C2c2ccc(C)o2)cc1. The zero-order chi connectivity index (χ0) is 21.3. The first-order valence-corrected chi connectivity index (χ1v) is 9.60. The lowest BCUT2D eigenvalue weighted by molar-refractivity contribution is -0.140. The zero-order valence-corrected chi connectivity index (χ0v) is 16.6. The summed E-state index contributed by atoms with van der Waals surface area (Å²) in [5.41, 5.74) is 0.382. The maximum absolute atomic E-state index is 12.9. The third-order valence-electron chi connectivity index (χ3n) is 4.92. The van der Waals surface area contributed by atoms with Crippen molar-refractivity contribution in [2.75, 3.05) is 6.61 Å². The Hall–Kier alpha value is -3.74. The lowest BCUT2D eigenvalue weighted by Crippen LogP contribution is -2.28. The van der Waals surface area contributed by atoms with Gasteiger partial charge in [-0.05, 0) is 62.4 Å². The number of benzene rings is 1. The molecule has 2 aromatic heterocycles. The van der Waals surface area contributed by atoms with Gasteiger partial charge in [0, 0.05) is 5.56 Å². The van der Waals surface area contributed by atoms with Crippen molar-refractivity contribution < 1.29 is 28.3 Å². The van der Waals surface area contributed by atoms with E-state index in [9.17, 15) is 14.7 Å². The number of carbonyl (C=O) groups is 2. The number of furan rings is 2. The number of amides is 1. The molecule has 0 aliphatic carbocycles.